The van der Waals surface area contributed by atoms with Crippen molar-refractivity contribution < 1.29 is 50.1 Å². The number of hydrogen-bond acceptors (Lipinski definition) is 6. The smallest absolute Gasteiger partial charge is 0.498 e. The fourth-order valence-corrected chi connectivity index (χ4v) is 4.02. The van der Waals surface area contributed by atoms with Gasteiger partial charge < -0.3 is 15.0 Å². The minimum atomic E-state index is -6.04. The van der Waals surface area contributed by atoms with Crippen molar-refractivity contribution in [1.29, 1.82) is 0 Å². The standard InChI is InChI=1S/C14H22F3NO7S/c1-5-13(10(19)20)8-18(11(21)22,12(2,3)4)7-6-9(13)25-26(23,24)14(15,16)17/h9H,5-8H2,1-4H3,(H-,19,20,21,22). The number of quaternary nitrogens is 1. The highest BCUT2D eigenvalue weighted by Gasteiger charge is 2.62. The van der Waals surface area contributed by atoms with Gasteiger partial charge in [0.15, 0.2) is 0 Å². The first-order valence-corrected chi connectivity index (χ1v) is 9.19. The van der Waals surface area contributed by atoms with E-state index in [2.05, 4.69) is 4.18 Å². The Morgan fingerprint density at radius 3 is 2.12 bits per heavy atom. The molecule has 8 nitrogen and oxygen atoms in total. The van der Waals surface area contributed by atoms with Crippen LogP contribution in [0, 0.1) is 5.41 Å². The molecule has 0 aliphatic carbocycles. The molecule has 0 spiro atoms. The molecule has 3 unspecified atom stereocenters. The second-order valence-electron chi connectivity index (χ2n) is 7.37. The summed E-state index contributed by atoms with van der Waals surface area (Å²) in [6.07, 6.45) is -4.29. The van der Waals surface area contributed by atoms with Crippen LogP contribution in [0.15, 0.2) is 0 Å². The molecule has 3 atom stereocenters. The molecule has 26 heavy (non-hydrogen) atoms. The Bertz CT molecular complexity index is 686. The van der Waals surface area contributed by atoms with Gasteiger partial charge in [-0.3, -0.25) is 13.5 Å². The van der Waals surface area contributed by atoms with Crippen LogP contribution in [0.1, 0.15) is 40.5 Å². The van der Waals surface area contributed by atoms with Gasteiger partial charge >= 0.3 is 21.6 Å². The van der Waals surface area contributed by atoms with Crippen molar-refractivity contribution in [1.82, 2.24) is 0 Å². The van der Waals surface area contributed by atoms with Crippen LogP contribution in [-0.4, -0.2) is 60.3 Å². The van der Waals surface area contributed by atoms with E-state index in [9.17, 15) is 41.4 Å². The lowest BCUT2D eigenvalue weighted by atomic mass is 9.72. The lowest BCUT2D eigenvalue weighted by molar-refractivity contribution is -0.930. The van der Waals surface area contributed by atoms with Crippen LogP contribution >= 0.6 is 0 Å². The Labute approximate surface area is 149 Å². The van der Waals surface area contributed by atoms with Gasteiger partial charge in [0.1, 0.15) is 18.1 Å². The van der Waals surface area contributed by atoms with Crippen molar-refractivity contribution in [2.45, 2.75) is 57.7 Å². The van der Waals surface area contributed by atoms with Gasteiger partial charge in [-0.25, -0.2) is 0 Å². The van der Waals surface area contributed by atoms with E-state index in [1.807, 2.05) is 0 Å². The number of amides is 1. The van der Waals surface area contributed by atoms with Gasteiger partial charge in [-0.05, 0) is 27.2 Å². The van der Waals surface area contributed by atoms with E-state index in [0.717, 1.165) is 0 Å². The van der Waals surface area contributed by atoms with Gasteiger partial charge in [0.2, 0.25) is 0 Å². The van der Waals surface area contributed by atoms with Crippen molar-refractivity contribution in [3.63, 3.8) is 0 Å². The van der Waals surface area contributed by atoms with Crippen LogP contribution in [0.5, 0.6) is 0 Å². The van der Waals surface area contributed by atoms with Gasteiger partial charge in [0, 0.05) is 6.42 Å². The van der Waals surface area contributed by atoms with Crippen LogP contribution in [-0.2, 0) is 19.1 Å². The van der Waals surface area contributed by atoms with Crippen LogP contribution in [0.4, 0.5) is 18.0 Å². The molecule has 152 valence electrons. The van der Waals surface area contributed by atoms with E-state index < -0.39 is 62.2 Å². The van der Waals surface area contributed by atoms with Gasteiger partial charge in [-0.1, -0.05) is 6.92 Å². The molecule has 1 amide bonds. The van der Waals surface area contributed by atoms with E-state index in [0.29, 0.717) is 0 Å². The minimum absolute atomic E-state index is 0.330. The number of hydrogen-bond donors (Lipinski definition) is 1. The topological polar surface area (TPSA) is 121 Å². The number of carbonyl (C=O) groups excluding carboxylic acids is 1. The zero-order valence-corrected chi connectivity index (χ0v) is 15.6. The van der Waals surface area contributed by atoms with Crippen LogP contribution in [0.3, 0.4) is 0 Å². The molecule has 0 aromatic heterocycles. The largest absolute Gasteiger partial charge is 0.523 e. The van der Waals surface area contributed by atoms with E-state index in [-0.39, 0.29) is 13.0 Å². The van der Waals surface area contributed by atoms with Crippen LogP contribution in [0.2, 0.25) is 0 Å². The second kappa shape index (κ2) is 6.64. The number of rotatable bonds is 4. The maximum Gasteiger partial charge on any atom is 0.523 e. The molecule has 1 N–H and O–H groups in total. The minimum Gasteiger partial charge on any atom is -0.498 e. The molecule has 1 aliphatic heterocycles. The summed E-state index contributed by atoms with van der Waals surface area (Å²) in [6, 6.07) is 0. The third kappa shape index (κ3) is 3.54. The van der Waals surface area contributed by atoms with Crippen molar-refractivity contribution in [2.75, 3.05) is 13.1 Å². The number of halogens is 3. The lowest BCUT2D eigenvalue weighted by Crippen LogP contribution is -2.75. The van der Waals surface area contributed by atoms with E-state index in [1.54, 1.807) is 0 Å². The van der Waals surface area contributed by atoms with E-state index in [1.165, 1.54) is 27.7 Å². The Balaban J connectivity index is 3.48. The number of aliphatic carboxylic acids is 1. The number of carboxylic acids is 1. The fraction of sp³-hybridized carbons (Fsp3) is 0.857. The molecule has 1 saturated heterocycles. The molecular formula is C14H22F3NO7S. The molecule has 1 heterocycles. The molecule has 0 bridgehead atoms. The molecule has 0 radical (unpaired) electrons. The number of nitrogens with zero attached hydrogens (tertiary/aromatic N) is 1. The molecule has 0 aromatic carbocycles. The third-order valence-corrected chi connectivity index (χ3v) is 6.21. The zero-order valence-electron chi connectivity index (χ0n) is 14.8. The molecular weight excluding hydrogens is 383 g/mol. The Morgan fingerprint density at radius 1 is 1.31 bits per heavy atom. The summed E-state index contributed by atoms with van der Waals surface area (Å²) >= 11 is 0. The first kappa shape index (κ1) is 22.6. The molecule has 1 aliphatic rings. The van der Waals surface area contributed by atoms with Gasteiger partial charge in [-0.2, -0.15) is 21.6 Å². The predicted molar refractivity (Wildman–Crippen MR) is 80.0 cm³/mol. The van der Waals surface area contributed by atoms with Gasteiger partial charge in [0.05, 0.1) is 12.1 Å². The molecule has 1 rings (SSSR count). The third-order valence-electron chi connectivity index (χ3n) is 5.16. The summed E-state index contributed by atoms with van der Waals surface area (Å²) in [7, 11) is -6.04. The van der Waals surface area contributed by atoms with E-state index in [4.69, 9.17) is 0 Å². The van der Waals surface area contributed by atoms with Crippen molar-refractivity contribution in [3.05, 3.63) is 0 Å². The SMILES string of the molecule is CCC1(C(=O)O)C[N+](C(=O)[O-])(C(C)(C)C)CCC1OS(=O)(=O)C(F)(F)F. The molecule has 0 aromatic rings. The zero-order chi connectivity index (χ0) is 20.8. The highest BCUT2D eigenvalue weighted by Crippen LogP contribution is 2.44. The van der Waals surface area contributed by atoms with E-state index >= 15 is 0 Å². The summed E-state index contributed by atoms with van der Waals surface area (Å²) in [4.78, 5) is 23.7. The average molecular weight is 405 g/mol. The number of carbonyl (C=O) groups is 2. The molecule has 1 fully saturated rings. The maximum atomic E-state index is 12.6. The summed E-state index contributed by atoms with van der Waals surface area (Å²) in [5.74, 6) is -1.63. The summed E-state index contributed by atoms with van der Waals surface area (Å²) in [6.45, 7) is 4.90. The second-order valence-corrected chi connectivity index (χ2v) is 8.94. The van der Waals surface area contributed by atoms with Crippen molar-refractivity contribution in [3.8, 4) is 0 Å². The summed E-state index contributed by atoms with van der Waals surface area (Å²) in [5.41, 5.74) is -8.90. The first-order chi connectivity index (χ1) is 11.5. The number of carboxylic acid groups (broad SMARTS) is 2. The summed E-state index contributed by atoms with van der Waals surface area (Å²) < 4.78 is 64.1. The van der Waals surface area contributed by atoms with Gasteiger partial charge in [-0.15, -0.1) is 0 Å². The normalized spacial score (nSPS) is 30.8. The Kier molecular flexibility index (Phi) is 5.78. The Hall–Kier alpha value is -1.40. The first-order valence-electron chi connectivity index (χ1n) is 7.78. The number of piperidine rings is 1. The Morgan fingerprint density at radius 2 is 1.81 bits per heavy atom. The molecule has 0 saturated carbocycles. The average Bonchev–Trinajstić information content (AvgIpc) is 2.44. The summed E-state index contributed by atoms with van der Waals surface area (Å²) in [5, 5.41) is 21.5. The number of alkyl halides is 3. The highest BCUT2D eigenvalue weighted by molar-refractivity contribution is 7.87. The van der Waals surface area contributed by atoms with Crippen molar-refractivity contribution >= 4 is 22.2 Å². The molecule has 12 heteroatoms. The highest BCUT2D eigenvalue weighted by atomic mass is 32.2. The number of likely N-dealkylation sites (tertiary alicyclic amines) is 1. The lowest BCUT2D eigenvalue weighted by Gasteiger charge is -2.55. The van der Waals surface area contributed by atoms with Crippen LogP contribution in [0.25, 0.3) is 0 Å². The monoisotopic (exact) mass is 405 g/mol. The fourth-order valence-electron chi connectivity index (χ4n) is 3.32. The van der Waals surface area contributed by atoms with Crippen LogP contribution < -0.4 is 5.11 Å². The van der Waals surface area contributed by atoms with Gasteiger partial charge in [0.25, 0.3) is 6.09 Å². The predicted octanol–water partition coefficient (Wildman–Crippen LogP) is 1.06. The quantitative estimate of drug-likeness (QED) is 0.422. The maximum absolute atomic E-state index is 12.6. The van der Waals surface area contributed by atoms with Crippen molar-refractivity contribution in [2.24, 2.45) is 5.41 Å².